The molecule has 0 saturated carbocycles. The van der Waals surface area contributed by atoms with Gasteiger partial charge in [-0.25, -0.2) is 0 Å². The molecule has 2 aromatic carbocycles. The molecule has 3 nitrogen and oxygen atoms in total. The number of hydrogen-bond donors (Lipinski definition) is 1. The van der Waals surface area contributed by atoms with E-state index in [1.165, 1.54) is 0 Å². The van der Waals surface area contributed by atoms with Crippen molar-refractivity contribution in [3.63, 3.8) is 0 Å². The van der Waals surface area contributed by atoms with Gasteiger partial charge < -0.3 is 5.32 Å². The lowest BCUT2D eigenvalue weighted by Gasteiger charge is -2.14. The molecule has 0 heterocycles. The maximum atomic E-state index is 12.0. The summed E-state index contributed by atoms with van der Waals surface area (Å²) in [6.45, 7) is 8.21. The Morgan fingerprint density at radius 2 is 1.70 bits per heavy atom. The first-order chi connectivity index (χ1) is 12.7. The fourth-order valence-electron chi connectivity index (χ4n) is 2.96. The Morgan fingerprint density at radius 1 is 1.07 bits per heavy atom. The van der Waals surface area contributed by atoms with Gasteiger partial charge in [0.25, 0.3) is 0 Å². The molecule has 1 N–H and O–H groups in total. The van der Waals surface area contributed by atoms with Crippen molar-refractivity contribution in [2.24, 2.45) is 11.8 Å². The van der Waals surface area contributed by atoms with Gasteiger partial charge >= 0.3 is 0 Å². The van der Waals surface area contributed by atoms with Crippen LogP contribution in [0.15, 0.2) is 30.3 Å². The zero-order valence-electron chi connectivity index (χ0n) is 16.1. The topological polar surface area (TPSA) is 52.9 Å². The number of nitrogens with one attached hydrogen (secondary N) is 1. The van der Waals surface area contributed by atoms with Gasteiger partial charge in [0.1, 0.15) is 0 Å². The first-order valence-corrected chi connectivity index (χ1v) is 9.79. The largest absolute Gasteiger partial charge is 0.326 e. The number of benzene rings is 2. The molecule has 2 rings (SSSR count). The Morgan fingerprint density at radius 3 is 2.22 bits per heavy atom. The summed E-state index contributed by atoms with van der Waals surface area (Å²) < 4.78 is 0. The van der Waals surface area contributed by atoms with Crippen LogP contribution in [0.3, 0.4) is 0 Å². The van der Waals surface area contributed by atoms with Crippen molar-refractivity contribution < 1.29 is 4.79 Å². The molecule has 0 atom stereocenters. The van der Waals surface area contributed by atoms with Crippen LogP contribution in [0.1, 0.15) is 45.2 Å². The zero-order valence-corrected chi connectivity index (χ0v) is 17.6. The van der Waals surface area contributed by atoms with Crippen molar-refractivity contribution in [1.29, 1.82) is 5.26 Å². The van der Waals surface area contributed by atoms with Crippen LogP contribution in [-0.2, 0) is 11.2 Å². The first-order valence-electron chi connectivity index (χ1n) is 9.03. The number of rotatable bonds is 6. The molecule has 0 spiro atoms. The van der Waals surface area contributed by atoms with E-state index in [-0.39, 0.29) is 11.8 Å². The summed E-state index contributed by atoms with van der Waals surface area (Å²) in [4.78, 5) is 12.0. The van der Waals surface area contributed by atoms with E-state index < -0.39 is 0 Å². The van der Waals surface area contributed by atoms with Gasteiger partial charge in [0, 0.05) is 17.7 Å². The lowest BCUT2D eigenvalue weighted by molar-refractivity contribution is -0.116. The minimum absolute atomic E-state index is 0.0744. The molecule has 1 amide bonds. The second-order valence-electron chi connectivity index (χ2n) is 7.54. The van der Waals surface area contributed by atoms with Crippen LogP contribution in [0.5, 0.6) is 0 Å². The molecule has 0 aliphatic heterocycles. The van der Waals surface area contributed by atoms with Gasteiger partial charge in [0.2, 0.25) is 5.91 Å². The van der Waals surface area contributed by atoms with Crippen LogP contribution in [-0.4, -0.2) is 5.91 Å². The van der Waals surface area contributed by atoms with Gasteiger partial charge in [0.05, 0.1) is 21.7 Å². The maximum Gasteiger partial charge on any atom is 0.224 e. The lowest BCUT2D eigenvalue weighted by Crippen LogP contribution is -2.13. The Bertz CT molecular complexity index is 859. The number of carbonyl (C=O) groups is 1. The quantitative estimate of drug-likeness (QED) is 0.582. The van der Waals surface area contributed by atoms with E-state index >= 15 is 0 Å². The predicted octanol–water partition coefficient (Wildman–Crippen LogP) is 6.72. The molecular formula is C22H24Cl2N2O. The number of nitriles is 1. The molecule has 0 aromatic heterocycles. The molecule has 27 heavy (non-hydrogen) atoms. The fourth-order valence-corrected chi connectivity index (χ4v) is 3.66. The fraction of sp³-hybridized carbons (Fsp3) is 0.364. The van der Waals surface area contributed by atoms with E-state index in [1.807, 2.05) is 32.0 Å². The van der Waals surface area contributed by atoms with Gasteiger partial charge in [-0.3, -0.25) is 4.79 Å². The van der Waals surface area contributed by atoms with Crippen molar-refractivity contribution >= 4 is 34.8 Å². The van der Waals surface area contributed by atoms with Crippen molar-refractivity contribution in [2.45, 2.75) is 40.5 Å². The van der Waals surface area contributed by atoms with Gasteiger partial charge in [-0.2, -0.15) is 5.26 Å². The van der Waals surface area contributed by atoms with Crippen LogP contribution >= 0.6 is 23.2 Å². The molecule has 142 valence electrons. The number of nitrogens with zero attached hydrogens (tertiary/aromatic N) is 1. The van der Waals surface area contributed by atoms with Crippen LogP contribution in [0.2, 0.25) is 10.0 Å². The molecule has 0 unspecified atom stereocenters. The van der Waals surface area contributed by atoms with Gasteiger partial charge in [0.15, 0.2) is 0 Å². The van der Waals surface area contributed by atoms with E-state index in [2.05, 4.69) is 25.2 Å². The van der Waals surface area contributed by atoms with E-state index in [0.29, 0.717) is 39.2 Å². The molecule has 0 aliphatic rings. The second kappa shape index (κ2) is 9.26. The Kier molecular flexibility index (Phi) is 7.30. The number of halogens is 2. The van der Waals surface area contributed by atoms with Crippen LogP contribution in [0, 0.1) is 23.2 Å². The average molecular weight is 403 g/mol. The first kappa shape index (κ1) is 21.3. The highest BCUT2D eigenvalue weighted by molar-refractivity contribution is 6.39. The van der Waals surface area contributed by atoms with E-state index in [9.17, 15) is 10.1 Å². The SMILES string of the molecule is CC(C)CC(=O)Nc1cc(Cl)c(-c2ccc(CC(C)C)c(C#N)c2)c(Cl)c1. The molecule has 5 heteroatoms. The summed E-state index contributed by atoms with van der Waals surface area (Å²) in [5, 5.41) is 13.2. The number of anilines is 1. The monoisotopic (exact) mass is 402 g/mol. The highest BCUT2D eigenvalue weighted by Crippen LogP contribution is 2.38. The normalized spacial score (nSPS) is 10.9. The molecule has 0 bridgehead atoms. The molecular weight excluding hydrogens is 379 g/mol. The minimum Gasteiger partial charge on any atom is -0.326 e. The highest BCUT2D eigenvalue weighted by Gasteiger charge is 2.15. The number of amides is 1. The lowest BCUT2D eigenvalue weighted by atomic mass is 9.94. The predicted molar refractivity (Wildman–Crippen MR) is 113 cm³/mol. The third-order valence-corrected chi connectivity index (χ3v) is 4.66. The summed E-state index contributed by atoms with van der Waals surface area (Å²) in [6, 6.07) is 11.4. The minimum atomic E-state index is -0.0744. The number of carbonyl (C=O) groups excluding carboxylic acids is 1. The van der Waals surface area contributed by atoms with E-state index in [0.717, 1.165) is 17.5 Å². The summed E-state index contributed by atoms with van der Waals surface area (Å²) >= 11 is 12.9. The standard InChI is InChI=1S/C22H24Cl2N2O/c1-13(2)7-15-5-6-16(9-17(15)12-25)22-19(23)10-18(11-20(22)24)26-21(27)8-14(3)4/h5-6,9-11,13-14H,7-8H2,1-4H3,(H,26,27). The van der Waals surface area contributed by atoms with E-state index in [4.69, 9.17) is 23.2 Å². The van der Waals surface area contributed by atoms with Crippen LogP contribution < -0.4 is 5.32 Å². The van der Waals surface area contributed by atoms with Gasteiger partial charge in [-0.1, -0.05) is 63.0 Å². The van der Waals surface area contributed by atoms with Crippen LogP contribution in [0.25, 0.3) is 11.1 Å². The summed E-state index contributed by atoms with van der Waals surface area (Å²) in [5.41, 5.74) is 3.65. The summed E-state index contributed by atoms with van der Waals surface area (Å²) in [6.07, 6.45) is 1.27. The Hall–Kier alpha value is -2.02. The highest BCUT2D eigenvalue weighted by atomic mass is 35.5. The van der Waals surface area contributed by atoms with Gasteiger partial charge in [-0.15, -0.1) is 0 Å². The summed E-state index contributed by atoms with van der Waals surface area (Å²) in [5.74, 6) is 0.655. The van der Waals surface area contributed by atoms with E-state index in [1.54, 1.807) is 12.1 Å². The second-order valence-corrected chi connectivity index (χ2v) is 8.36. The maximum absolute atomic E-state index is 12.0. The third-order valence-electron chi connectivity index (χ3n) is 4.07. The third kappa shape index (κ3) is 5.73. The zero-order chi connectivity index (χ0) is 20.1. The van der Waals surface area contributed by atoms with Crippen molar-refractivity contribution in [2.75, 3.05) is 5.32 Å². The van der Waals surface area contributed by atoms with Crippen molar-refractivity contribution in [3.05, 3.63) is 51.5 Å². The molecule has 0 fully saturated rings. The van der Waals surface area contributed by atoms with Crippen molar-refractivity contribution in [3.8, 4) is 17.2 Å². The molecule has 0 saturated heterocycles. The average Bonchev–Trinajstić information content (AvgIpc) is 2.54. The molecule has 0 aliphatic carbocycles. The smallest absolute Gasteiger partial charge is 0.224 e. The Balaban J connectivity index is 2.37. The van der Waals surface area contributed by atoms with Crippen LogP contribution in [0.4, 0.5) is 5.69 Å². The molecule has 2 aromatic rings. The Labute approximate surface area is 171 Å². The van der Waals surface area contributed by atoms with Gasteiger partial charge in [-0.05, 0) is 47.6 Å². The number of hydrogen-bond acceptors (Lipinski definition) is 2. The van der Waals surface area contributed by atoms with Crippen molar-refractivity contribution in [1.82, 2.24) is 0 Å². The summed E-state index contributed by atoms with van der Waals surface area (Å²) in [7, 11) is 0. The molecule has 0 radical (unpaired) electrons.